The molecule has 37 heavy (non-hydrogen) atoms. The minimum atomic E-state index is 0.0486. The summed E-state index contributed by atoms with van der Waals surface area (Å²) in [7, 11) is 1.52. The highest BCUT2D eigenvalue weighted by molar-refractivity contribution is 7.99. The van der Waals surface area contributed by atoms with Crippen molar-refractivity contribution in [3.8, 4) is 0 Å². The molecule has 2 atom stereocenters. The van der Waals surface area contributed by atoms with Crippen LogP contribution in [0.4, 0.5) is 11.8 Å². The number of piperidine rings is 1. The van der Waals surface area contributed by atoms with Crippen molar-refractivity contribution >= 4 is 41.2 Å². The van der Waals surface area contributed by atoms with Gasteiger partial charge in [0.2, 0.25) is 5.95 Å². The van der Waals surface area contributed by atoms with Crippen LogP contribution in [0.3, 0.4) is 0 Å². The number of aromatic nitrogens is 3. The number of fused-ring (bicyclic) bond motifs is 1. The zero-order valence-electron chi connectivity index (χ0n) is 21.3. The van der Waals surface area contributed by atoms with Gasteiger partial charge < -0.3 is 19.7 Å². The molecule has 2 aliphatic rings. The number of carbonyl (C=O) groups excluding carboxylic acids is 1. The van der Waals surface area contributed by atoms with Crippen molar-refractivity contribution in [2.75, 3.05) is 29.9 Å². The highest BCUT2D eigenvalue weighted by Gasteiger charge is 2.35. The topological polar surface area (TPSA) is 95.5 Å². The van der Waals surface area contributed by atoms with Gasteiger partial charge in [-0.2, -0.15) is 0 Å². The quantitative estimate of drug-likeness (QED) is 0.264. The maximum Gasteiger partial charge on any atom is 0.254 e. The van der Waals surface area contributed by atoms with Crippen molar-refractivity contribution in [3.63, 3.8) is 0 Å². The number of halogens is 1. The number of carbonyl (C=O) groups is 1. The number of methoxy groups -OCH3 is 1. The number of hydrogen-bond donors (Lipinski definition) is 2. The van der Waals surface area contributed by atoms with Crippen molar-refractivity contribution < 1.29 is 9.53 Å². The first-order valence-electron chi connectivity index (χ1n) is 12.0. The highest BCUT2D eigenvalue weighted by atomic mass is 35.5. The standard InChI is InChI=1S/C26H32ClN7O2S/c1-16(10-23(36-4)18(3)27)30-26-29-13-20-14-33(15-22(20)31-26)21-7-9-34(17(2)11-21)25(35)19-6-8-28-24(12-19)32-37-5/h6,8,10,12-13,17,21H,1,3,7,9,11,14-15H2,2,4-5H3,(H,28,32)(H,29,30,31)/b23-10+/t17-,21-/m1/s1. The number of nitrogens with one attached hydrogen (secondary N) is 2. The van der Waals surface area contributed by atoms with Gasteiger partial charge in [0, 0.05) is 73.3 Å². The number of nitrogens with zero attached hydrogens (tertiary/aromatic N) is 5. The monoisotopic (exact) mass is 541 g/mol. The Labute approximate surface area is 227 Å². The average molecular weight is 542 g/mol. The first-order chi connectivity index (χ1) is 17.8. The number of pyridine rings is 1. The molecule has 1 amide bonds. The van der Waals surface area contributed by atoms with Gasteiger partial charge in [-0.25, -0.2) is 15.0 Å². The number of amides is 1. The summed E-state index contributed by atoms with van der Waals surface area (Å²) >= 11 is 7.37. The Morgan fingerprint density at radius 1 is 1.32 bits per heavy atom. The number of ether oxygens (including phenoxy) is 1. The second-order valence-electron chi connectivity index (χ2n) is 9.10. The Morgan fingerprint density at radius 2 is 2.14 bits per heavy atom. The fraction of sp³-hybridized carbons (Fsp3) is 0.385. The van der Waals surface area contributed by atoms with Gasteiger partial charge in [0.15, 0.2) is 0 Å². The Balaban J connectivity index is 1.36. The Hall–Kier alpha value is -3.08. The zero-order valence-corrected chi connectivity index (χ0v) is 22.9. The molecule has 0 saturated carbocycles. The second-order valence-corrected chi connectivity index (χ2v) is 10.2. The predicted octanol–water partition coefficient (Wildman–Crippen LogP) is 4.78. The fourth-order valence-corrected chi connectivity index (χ4v) is 5.21. The van der Waals surface area contributed by atoms with Crippen LogP contribution < -0.4 is 10.0 Å². The highest BCUT2D eigenvalue weighted by Crippen LogP contribution is 2.30. The van der Waals surface area contributed by atoms with Crippen molar-refractivity contribution in [1.29, 1.82) is 0 Å². The number of likely N-dealkylation sites (tertiary alicyclic amines) is 1. The Morgan fingerprint density at radius 3 is 2.84 bits per heavy atom. The van der Waals surface area contributed by atoms with E-state index in [0.717, 1.165) is 37.2 Å². The summed E-state index contributed by atoms with van der Waals surface area (Å²) in [6.45, 7) is 12.0. The van der Waals surface area contributed by atoms with Gasteiger partial charge in [0.05, 0.1) is 17.8 Å². The Bertz CT molecular complexity index is 1220. The van der Waals surface area contributed by atoms with E-state index >= 15 is 0 Å². The normalized spacial score (nSPS) is 19.8. The third-order valence-corrected chi connectivity index (χ3v) is 7.18. The molecule has 11 heteroatoms. The first-order valence-corrected chi connectivity index (χ1v) is 13.6. The molecule has 2 aromatic rings. The Kier molecular flexibility index (Phi) is 8.73. The van der Waals surface area contributed by atoms with Crippen molar-refractivity contribution in [3.05, 3.63) is 77.1 Å². The van der Waals surface area contributed by atoms with E-state index in [9.17, 15) is 4.79 Å². The molecule has 0 aromatic carbocycles. The number of anilines is 2. The smallest absolute Gasteiger partial charge is 0.254 e. The van der Waals surface area contributed by atoms with E-state index in [1.54, 1.807) is 18.3 Å². The van der Waals surface area contributed by atoms with E-state index in [4.69, 9.17) is 21.3 Å². The summed E-state index contributed by atoms with van der Waals surface area (Å²) in [5, 5.41) is 3.38. The van der Waals surface area contributed by atoms with Crippen LogP contribution in [0.1, 0.15) is 41.4 Å². The zero-order chi connectivity index (χ0) is 26.5. The molecule has 2 N–H and O–H groups in total. The minimum Gasteiger partial charge on any atom is -0.495 e. The number of allylic oxidation sites excluding steroid dienone is 2. The SMILES string of the molecule is C=C(/C=C(/OC)C(=C)Cl)Nc1ncc2c(n1)CN([C@@H]1CCN(C(=O)c3ccnc(NSC)c3)[C@H](C)C1)C2. The van der Waals surface area contributed by atoms with Crippen LogP contribution in [-0.2, 0) is 17.8 Å². The molecule has 1 fully saturated rings. The van der Waals surface area contributed by atoms with Crippen LogP contribution in [0.15, 0.2) is 60.2 Å². The van der Waals surface area contributed by atoms with Gasteiger partial charge in [0.25, 0.3) is 5.91 Å². The van der Waals surface area contributed by atoms with Crippen LogP contribution in [0.25, 0.3) is 0 Å². The molecule has 2 aliphatic heterocycles. The minimum absolute atomic E-state index is 0.0486. The first kappa shape index (κ1) is 27.0. The van der Waals surface area contributed by atoms with E-state index in [-0.39, 0.29) is 17.0 Å². The number of rotatable bonds is 9. The summed E-state index contributed by atoms with van der Waals surface area (Å²) in [5.74, 6) is 1.63. The molecule has 1 saturated heterocycles. The summed E-state index contributed by atoms with van der Waals surface area (Å²) < 4.78 is 8.29. The third kappa shape index (κ3) is 6.44. The van der Waals surface area contributed by atoms with Crippen molar-refractivity contribution in [2.24, 2.45) is 0 Å². The molecule has 0 radical (unpaired) electrons. The molecule has 0 unspecified atom stereocenters. The molecule has 0 aliphatic carbocycles. The molecule has 4 heterocycles. The number of hydrogen-bond acceptors (Lipinski definition) is 9. The van der Waals surface area contributed by atoms with E-state index < -0.39 is 0 Å². The molecule has 2 aromatic heterocycles. The summed E-state index contributed by atoms with van der Waals surface area (Å²) in [6, 6.07) is 4.09. The lowest BCUT2D eigenvalue weighted by Crippen LogP contribution is -2.50. The lowest BCUT2D eigenvalue weighted by Gasteiger charge is -2.41. The van der Waals surface area contributed by atoms with Crippen LogP contribution in [0.5, 0.6) is 0 Å². The second kappa shape index (κ2) is 12.0. The van der Waals surface area contributed by atoms with Crippen LogP contribution in [-0.4, -0.2) is 62.7 Å². The van der Waals surface area contributed by atoms with Gasteiger partial charge in [-0.1, -0.05) is 36.7 Å². The molecule has 9 nitrogen and oxygen atoms in total. The predicted molar refractivity (Wildman–Crippen MR) is 149 cm³/mol. The lowest BCUT2D eigenvalue weighted by molar-refractivity contribution is 0.0460. The van der Waals surface area contributed by atoms with Gasteiger partial charge in [0.1, 0.15) is 11.6 Å². The van der Waals surface area contributed by atoms with Crippen LogP contribution >= 0.6 is 23.5 Å². The third-order valence-electron chi connectivity index (χ3n) is 6.58. The van der Waals surface area contributed by atoms with E-state index in [1.165, 1.54) is 19.1 Å². The lowest BCUT2D eigenvalue weighted by atomic mass is 9.96. The summed E-state index contributed by atoms with van der Waals surface area (Å²) in [5.41, 5.74) is 3.32. The fourth-order valence-electron chi connectivity index (χ4n) is 4.75. The van der Waals surface area contributed by atoms with Gasteiger partial charge in [-0.05, 0) is 31.9 Å². The average Bonchev–Trinajstić information content (AvgIpc) is 3.30. The van der Waals surface area contributed by atoms with E-state index in [0.29, 0.717) is 41.4 Å². The van der Waals surface area contributed by atoms with E-state index in [1.807, 2.05) is 23.4 Å². The van der Waals surface area contributed by atoms with Crippen molar-refractivity contribution in [2.45, 2.75) is 44.9 Å². The van der Waals surface area contributed by atoms with Crippen LogP contribution in [0, 0.1) is 0 Å². The summed E-state index contributed by atoms with van der Waals surface area (Å²) in [6.07, 6.45) is 8.93. The maximum atomic E-state index is 13.2. The van der Waals surface area contributed by atoms with Crippen molar-refractivity contribution in [1.82, 2.24) is 24.8 Å². The van der Waals surface area contributed by atoms with E-state index in [2.05, 4.69) is 45.0 Å². The van der Waals surface area contributed by atoms with Crippen LogP contribution in [0.2, 0.25) is 0 Å². The molecule has 0 bridgehead atoms. The maximum absolute atomic E-state index is 13.2. The molecule has 4 rings (SSSR count). The molecule has 0 spiro atoms. The molecule has 196 valence electrons. The van der Waals surface area contributed by atoms with Gasteiger partial charge >= 0.3 is 0 Å². The molecular weight excluding hydrogens is 510 g/mol. The van der Waals surface area contributed by atoms with Gasteiger partial charge in [-0.15, -0.1) is 0 Å². The molecular formula is C26H32ClN7O2S. The summed E-state index contributed by atoms with van der Waals surface area (Å²) in [4.78, 5) is 31.0. The largest absolute Gasteiger partial charge is 0.495 e. The van der Waals surface area contributed by atoms with Gasteiger partial charge in [-0.3, -0.25) is 9.69 Å².